The first-order chi connectivity index (χ1) is 14.5. The Labute approximate surface area is 178 Å². The molecule has 1 amide bonds. The van der Waals surface area contributed by atoms with Crippen LogP contribution in [0.2, 0.25) is 0 Å². The number of hydrogen-bond donors (Lipinski definition) is 2. The molecule has 2 unspecified atom stereocenters. The van der Waals surface area contributed by atoms with E-state index >= 15 is 0 Å². The number of phenols is 1. The van der Waals surface area contributed by atoms with Gasteiger partial charge in [0.2, 0.25) is 5.78 Å². The van der Waals surface area contributed by atoms with E-state index in [1.807, 2.05) is 0 Å². The predicted octanol–water partition coefficient (Wildman–Crippen LogP) is 3.61. The Hall–Kier alpha value is -2.84. The lowest BCUT2D eigenvalue weighted by Crippen LogP contribution is -2.37. The summed E-state index contributed by atoms with van der Waals surface area (Å²) in [7, 11) is 0. The maximum Gasteiger partial charge on any atom is 0.290 e. The molecule has 1 aromatic heterocycles. The summed E-state index contributed by atoms with van der Waals surface area (Å²) in [6.45, 7) is 3.04. The van der Waals surface area contributed by atoms with Crippen molar-refractivity contribution in [3.05, 3.63) is 57.5 Å². The van der Waals surface area contributed by atoms with E-state index in [0.717, 1.165) is 12.8 Å². The monoisotopic (exact) mass is 429 g/mol. The van der Waals surface area contributed by atoms with Gasteiger partial charge in [0.15, 0.2) is 17.3 Å². The van der Waals surface area contributed by atoms with Crippen LogP contribution in [0.4, 0.5) is 0 Å². The number of ether oxygens (including phenoxy) is 2. The van der Waals surface area contributed by atoms with E-state index < -0.39 is 17.7 Å². The zero-order valence-electron chi connectivity index (χ0n) is 16.5. The fraction of sp³-hybridized carbons (Fsp3) is 0.364. The molecule has 2 aliphatic rings. The minimum absolute atomic E-state index is 0.0325. The number of carbonyl (C=O) groups excluding carboxylic acids is 2. The van der Waals surface area contributed by atoms with Gasteiger partial charge >= 0.3 is 0 Å². The summed E-state index contributed by atoms with van der Waals surface area (Å²) in [5.74, 6) is -1.30. The molecule has 1 saturated heterocycles. The van der Waals surface area contributed by atoms with Crippen LogP contribution >= 0.6 is 11.3 Å². The number of thiophene rings is 1. The Bertz CT molecular complexity index is 978. The van der Waals surface area contributed by atoms with E-state index in [1.54, 1.807) is 36.6 Å². The van der Waals surface area contributed by atoms with E-state index in [2.05, 4.69) is 0 Å². The first-order valence-corrected chi connectivity index (χ1v) is 10.8. The number of aromatic hydroxyl groups is 1. The summed E-state index contributed by atoms with van der Waals surface area (Å²) >= 11 is 1.25. The summed E-state index contributed by atoms with van der Waals surface area (Å²) in [4.78, 5) is 28.1. The molecule has 3 heterocycles. The molecular weight excluding hydrogens is 406 g/mol. The normalized spacial score (nSPS) is 21.5. The highest BCUT2D eigenvalue weighted by Crippen LogP contribution is 2.42. The van der Waals surface area contributed by atoms with Gasteiger partial charge in [0.25, 0.3) is 5.91 Å². The van der Waals surface area contributed by atoms with E-state index in [1.165, 1.54) is 22.3 Å². The van der Waals surface area contributed by atoms with Crippen molar-refractivity contribution < 1.29 is 29.3 Å². The van der Waals surface area contributed by atoms with Crippen LogP contribution in [-0.2, 0) is 9.53 Å². The maximum atomic E-state index is 13.2. The van der Waals surface area contributed by atoms with Gasteiger partial charge in [0.1, 0.15) is 0 Å². The number of Topliss-reactive ketones (excluding diaryl/α,β-unsaturated/α-hetero) is 1. The third-order valence-corrected chi connectivity index (χ3v) is 6.19. The standard InChI is InChI=1S/C22H23NO6S/c1-2-28-16-11-13(7-8-15(16)24)19-18(20(25)17-6-4-10-30-17)21(26)22(27)23(19)12-14-5-3-9-29-14/h4,6-8,10-11,14,19,24,26H,2-3,5,9,12H2,1H3. The van der Waals surface area contributed by atoms with Gasteiger partial charge < -0.3 is 24.6 Å². The second kappa shape index (κ2) is 8.49. The average Bonchev–Trinajstić information content (AvgIpc) is 3.48. The van der Waals surface area contributed by atoms with E-state index in [4.69, 9.17) is 9.47 Å². The molecule has 7 nitrogen and oxygen atoms in total. The summed E-state index contributed by atoms with van der Waals surface area (Å²) < 4.78 is 11.2. The molecule has 2 N–H and O–H groups in total. The summed E-state index contributed by atoms with van der Waals surface area (Å²) in [5, 5.41) is 22.5. The Morgan fingerprint density at radius 1 is 1.33 bits per heavy atom. The summed E-state index contributed by atoms with van der Waals surface area (Å²) in [5.41, 5.74) is 0.611. The van der Waals surface area contributed by atoms with Crippen LogP contribution in [0.25, 0.3) is 0 Å². The first kappa shape index (κ1) is 20.4. The Balaban J connectivity index is 1.78. The molecule has 0 spiro atoms. The van der Waals surface area contributed by atoms with Gasteiger partial charge in [0.05, 0.1) is 29.2 Å². The molecular formula is C22H23NO6S. The summed E-state index contributed by atoms with van der Waals surface area (Å²) in [6.07, 6.45) is 1.57. The lowest BCUT2D eigenvalue weighted by molar-refractivity contribution is -0.131. The fourth-order valence-corrected chi connectivity index (χ4v) is 4.62. The number of aliphatic hydroxyl groups excluding tert-OH is 1. The molecule has 2 aromatic rings. The van der Waals surface area contributed by atoms with Crippen molar-refractivity contribution >= 4 is 23.0 Å². The average molecular weight is 429 g/mol. The molecule has 0 bridgehead atoms. The van der Waals surface area contributed by atoms with Crippen molar-refractivity contribution in [1.29, 1.82) is 0 Å². The topological polar surface area (TPSA) is 96.3 Å². The Morgan fingerprint density at radius 2 is 2.17 bits per heavy atom. The van der Waals surface area contributed by atoms with Crippen LogP contribution in [0.15, 0.2) is 47.0 Å². The minimum atomic E-state index is -0.795. The van der Waals surface area contributed by atoms with Crippen molar-refractivity contribution in [2.75, 3.05) is 19.8 Å². The molecule has 0 aliphatic carbocycles. The molecule has 30 heavy (non-hydrogen) atoms. The van der Waals surface area contributed by atoms with Gasteiger partial charge in [-0.25, -0.2) is 0 Å². The van der Waals surface area contributed by atoms with Crippen LogP contribution < -0.4 is 4.74 Å². The second-order valence-corrected chi connectivity index (χ2v) is 8.17. The zero-order valence-corrected chi connectivity index (χ0v) is 17.4. The van der Waals surface area contributed by atoms with Crippen LogP contribution in [-0.4, -0.2) is 52.7 Å². The van der Waals surface area contributed by atoms with Crippen LogP contribution in [0.3, 0.4) is 0 Å². The Kier molecular flexibility index (Phi) is 5.78. The van der Waals surface area contributed by atoms with Crippen molar-refractivity contribution in [1.82, 2.24) is 4.90 Å². The number of carbonyl (C=O) groups is 2. The third kappa shape index (κ3) is 3.68. The smallest absolute Gasteiger partial charge is 0.290 e. The van der Waals surface area contributed by atoms with Gasteiger partial charge in [-0.2, -0.15) is 0 Å². The lowest BCUT2D eigenvalue weighted by atomic mass is 9.95. The van der Waals surface area contributed by atoms with Crippen molar-refractivity contribution in [3.63, 3.8) is 0 Å². The van der Waals surface area contributed by atoms with Crippen LogP contribution in [0.5, 0.6) is 11.5 Å². The number of ketones is 1. The fourth-order valence-electron chi connectivity index (χ4n) is 3.94. The van der Waals surface area contributed by atoms with Crippen molar-refractivity contribution in [3.8, 4) is 11.5 Å². The first-order valence-electron chi connectivity index (χ1n) is 9.90. The minimum Gasteiger partial charge on any atom is -0.504 e. The molecule has 2 aliphatic heterocycles. The number of rotatable bonds is 7. The quantitative estimate of drug-likeness (QED) is 0.653. The van der Waals surface area contributed by atoms with E-state index in [0.29, 0.717) is 23.7 Å². The number of amides is 1. The SMILES string of the molecule is CCOc1cc(C2C(C(=O)c3cccs3)=C(O)C(=O)N2CC2CCCO2)ccc1O. The number of benzene rings is 1. The Morgan fingerprint density at radius 3 is 2.83 bits per heavy atom. The number of phenolic OH excluding ortho intramolecular Hbond substituents is 1. The molecule has 8 heteroatoms. The molecule has 158 valence electrons. The number of nitrogens with zero attached hydrogens (tertiary/aromatic N) is 1. The number of hydrogen-bond acceptors (Lipinski definition) is 7. The van der Waals surface area contributed by atoms with E-state index in [9.17, 15) is 19.8 Å². The van der Waals surface area contributed by atoms with Crippen LogP contribution in [0.1, 0.15) is 41.0 Å². The van der Waals surface area contributed by atoms with Gasteiger partial charge in [-0.1, -0.05) is 12.1 Å². The molecule has 2 atom stereocenters. The third-order valence-electron chi connectivity index (χ3n) is 5.32. The highest BCUT2D eigenvalue weighted by atomic mass is 32.1. The highest BCUT2D eigenvalue weighted by molar-refractivity contribution is 7.12. The summed E-state index contributed by atoms with van der Waals surface area (Å²) in [6, 6.07) is 7.34. The van der Waals surface area contributed by atoms with Gasteiger partial charge in [-0.15, -0.1) is 11.3 Å². The zero-order chi connectivity index (χ0) is 21.3. The second-order valence-electron chi connectivity index (χ2n) is 7.22. The maximum absolute atomic E-state index is 13.2. The van der Waals surface area contributed by atoms with Gasteiger partial charge in [0, 0.05) is 13.2 Å². The molecule has 4 rings (SSSR count). The highest BCUT2D eigenvalue weighted by Gasteiger charge is 2.45. The molecule has 1 fully saturated rings. The predicted molar refractivity (Wildman–Crippen MR) is 111 cm³/mol. The molecule has 1 aromatic carbocycles. The van der Waals surface area contributed by atoms with E-state index in [-0.39, 0.29) is 35.5 Å². The van der Waals surface area contributed by atoms with Gasteiger partial charge in [-0.05, 0) is 48.9 Å². The van der Waals surface area contributed by atoms with Crippen molar-refractivity contribution in [2.45, 2.75) is 31.9 Å². The molecule has 0 radical (unpaired) electrons. The lowest BCUT2D eigenvalue weighted by Gasteiger charge is -2.29. The van der Waals surface area contributed by atoms with Gasteiger partial charge in [-0.3, -0.25) is 9.59 Å². The number of aliphatic hydroxyl groups is 1. The van der Waals surface area contributed by atoms with Crippen LogP contribution in [0, 0.1) is 0 Å². The molecule has 0 saturated carbocycles. The largest absolute Gasteiger partial charge is 0.504 e. The van der Waals surface area contributed by atoms with Crippen molar-refractivity contribution in [2.24, 2.45) is 0 Å².